The lowest BCUT2D eigenvalue weighted by Gasteiger charge is -2.30. The molecule has 0 bridgehead atoms. The van der Waals surface area contributed by atoms with Gasteiger partial charge in [-0.25, -0.2) is 14.4 Å². The molecule has 158 valence electrons. The maximum Gasteiger partial charge on any atom is 0.337 e. The van der Waals surface area contributed by atoms with Crippen molar-refractivity contribution < 1.29 is 64.3 Å². The Labute approximate surface area is 153 Å². The molecule has 0 saturated heterocycles. The average molecular weight is 400 g/mol. The maximum absolute atomic E-state index is 11.4. The largest absolute Gasteiger partial charge is 0.463 e. The number of rotatable bonds is 13. The number of carbonyl (C=O) groups is 3. The van der Waals surface area contributed by atoms with E-state index < -0.39 is 87.9 Å². The summed E-state index contributed by atoms with van der Waals surface area (Å²) >= 11 is 0. The van der Waals surface area contributed by atoms with Gasteiger partial charge in [0.25, 0.3) is 0 Å². The predicted octanol–water partition coefficient (Wildman–Crippen LogP) is -5.35. The molecule has 0 radical (unpaired) electrons. The van der Waals surface area contributed by atoms with Crippen LogP contribution in [0, 0.1) is 5.41 Å². The lowest BCUT2D eigenvalue weighted by Crippen LogP contribution is -2.45. The van der Waals surface area contributed by atoms with Crippen molar-refractivity contribution in [2.24, 2.45) is 5.41 Å². The first kappa shape index (κ1) is 25.1. The second-order valence-electron chi connectivity index (χ2n) is 5.58. The van der Waals surface area contributed by atoms with Gasteiger partial charge in [0, 0.05) is 0 Å². The van der Waals surface area contributed by atoms with Crippen LogP contribution in [0.15, 0.2) is 0 Å². The van der Waals surface area contributed by atoms with Crippen LogP contribution in [0.2, 0.25) is 0 Å². The first-order valence-corrected chi connectivity index (χ1v) is 7.64. The molecule has 7 N–H and O–H groups in total. The van der Waals surface area contributed by atoms with E-state index in [2.05, 4.69) is 14.2 Å². The highest BCUT2D eigenvalue weighted by molar-refractivity contribution is 5.75. The molecule has 0 aromatic heterocycles. The van der Waals surface area contributed by atoms with Gasteiger partial charge in [-0.1, -0.05) is 0 Å². The quantitative estimate of drug-likeness (QED) is 0.113. The SMILES string of the molecule is O=C(OCC(CO)(COC(=O)C(O)CO)COC(=O)C(O)CO)C(O)CO. The Morgan fingerprint density at radius 1 is 0.630 bits per heavy atom. The smallest absolute Gasteiger partial charge is 0.337 e. The predicted molar refractivity (Wildman–Crippen MR) is 81.7 cm³/mol. The molecule has 13 heteroatoms. The molecule has 0 aromatic carbocycles. The zero-order valence-corrected chi connectivity index (χ0v) is 14.3. The summed E-state index contributed by atoms with van der Waals surface area (Å²) in [5.74, 6) is -3.84. The Morgan fingerprint density at radius 3 is 1.07 bits per heavy atom. The van der Waals surface area contributed by atoms with Gasteiger partial charge < -0.3 is 50.0 Å². The third-order valence-corrected chi connectivity index (χ3v) is 3.23. The van der Waals surface area contributed by atoms with Crippen LogP contribution < -0.4 is 0 Å². The second kappa shape index (κ2) is 12.5. The topological polar surface area (TPSA) is 221 Å². The van der Waals surface area contributed by atoms with E-state index in [1.54, 1.807) is 0 Å². The summed E-state index contributed by atoms with van der Waals surface area (Å²) in [5, 5.41) is 63.1. The van der Waals surface area contributed by atoms with Crippen LogP contribution in [0.5, 0.6) is 0 Å². The summed E-state index contributed by atoms with van der Waals surface area (Å²) in [6.07, 6.45) is -5.63. The Hall–Kier alpha value is -1.87. The summed E-state index contributed by atoms with van der Waals surface area (Å²) in [6.45, 7) is -6.00. The van der Waals surface area contributed by atoms with Gasteiger partial charge in [-0.2, -0.15) is 0 Å². The standard InChI is InChI=1S/C14H24O13/c15-1-8(19)11(22)25-5-14(4-18,6-26-12(23)9(20)2-16)7-27-13(24)10(21)3-17/h8-10,15-21H,1-7H2. The summed E-state index contributed by atoms with van der Waals surface area (Å²) in [5.41, 5.74) is -1.76. The molecule has 0 fully saturated rings. The number of aliphatic hydroxyl groups is 7. The number of hydrogen-bond donors (Lipinski definition) is 7. The van der Waals surface area contributed by atoms with E-state index in [-0.39, 0.29) is 0 Å². The van der Waals surface area contributed by atoms with Crippen LogP contribution in [0.3, 0.4) is 0 Å². The second-order valence-corrected chi connectivity index (χ2v) is 5.58. The molecule has 0 heterocycles. The summed E-state index contributed by atoms with van der Waals surface area (Å²) in [6, 6.07) is 0. The molecule has 0 aliphatic carbocycles. The van der Waals surface area contributed by atoms with Crippen LogP contribution in [0.4, 0.5) is 0 Å². The first-order valence-electron chi connectivity index (χ1n) is 7.64. The highest BCUT2D eigenvalue weighted by Gasteiger charge is 2.37. The fraction of sp³-hybridized carbons (Fsp3) is 0.786. The number of carbonyl (C=O) groups excluding carboxylic acids is 3. The molecule has 3 atom stereocenters. The monoisotopic (exact) mass is 400 g/mol. The maximum atomic E-state index is 11.4. The van der Waals surface area contributed by atoms with E-state index in [0.717, 1.165) is 0 Å². The lowest BCUT2D eigenvalue weighted by molar-refractivity contribution is -0.177. The highest BCUT2D eigenvalue weighted by Crippen LogP contribution is 2.20. The van der Waals surface area contributed by atoms with Crippen LogP contribution in [-0.2, 0) is 28.6 Å². The lowest BCUT2D eigenvalue weighted by atomic mass is 9.92. The van der Waals surface area contributed by atoms with E-state index >= 15 is 0 Å². The summed E-state index contributed by atoms with van der Waals surface area (Å²) < 4.78 is 14.0. The van der Waals surface area contributed by atoms with Gasteiger partial charge in [0.05, 0.1) is 31.8 Å². The van der Waals surface area contributed by atoms with Crippen molar-refractivity contribution in [2.75, 3.05) is 46.2 Å². The normalized spacial score (nSPS) is 16.6. The fourth-order valence-electron chi connectivity index (χ4n) is 1.45. The minimum atomic E-state index is -1.88. The van der Waals surface area contributed by atoms with Crippen molar-refractivity contribution in [1.82, 2.24) is 0 Å². The Balaban J connectivity index is 5.14. The molecular weight excluding hydrogens is 376 g/mol. The molecule has 0 aliphatic rings. The van der Waals surface area contributed by atoms with Crippen molar-refractivity contribution in [1.29, 1.82) is 0 Å². The highest BCUT2D eigenvalue weighted by atomic mass is 16.6. The number of aliphatic hydroxyl groups excluding tert-OH is 7. The van der Waals surface area contributed by atoms with E-state index in [9.17, 15) is 19.5 Å². The van der Waals surface area contributed by atoms with Gasteiger partial charge in [0.15, 0.2) is 18.3 Å². The van der Waals surface area contributed by atoms with E-state index in [1.165, 1.54) is 0 Å². The van der Waals surface area contributed by atoms with Crippen LogP contribution in [0.1, 0.15) is 0 Å². The van der Waals surface area contributed by atoms with E-state index in [0.29, 0.717) is 0 Å². The van der Waals surface area contributed by atoms with Crippen molar-refractivity contribution in [3.63, 3.8) is 0 Å². The molecule has 3 unspecified atom stereocenters. The van der Waals surface area contributed by atoms with Crippen molar-refractivity contribution in [3.05, 3.63) is 0 Å². The first-order chi connectivity index (χ1) is 12.7. The van der Waals surface area contributed by atoms with Crippen LogP contribution in [-0.4, -0.2) is 118 Å². The molecule has 0 aromatic rings. The molecule has 0 rings (SSSR count). The number of hydrogen-bond acceptors (Lipinski definition) is 13. The Morgan fingerprint density at radius 2 is 0.889 bits per heavy atom. The molecule has 0 saturated carbocycles. The molecular formula is C14H24O13. The minimum absolute atomic E-state index is 0.760. The number of ether oxygens (including phenoxy) is 3. The molecule has 0 spiro atoms. The average Bonchev–Trinajstić information content (AvgIpc) is 2.70. The van der Waals surface area contributed by atoms with Gasteiger partial charge >= 0.3 is 17.9 Å². The van der Waals surface area contributed by atoms with E-state index in [4.69, 9.17) is 30.6 Å². The Kier molecular flexibility index (Phi) is 11.6. The third kappa shape index (κ3) is 8.57. The molecule has 13 nitrogen and oxygen atoms in total. The molecule has 0 aliphatic heterocycles. The van der Waals surface area contributed by atoms with Gasteiger partial charge in [-0.15, -0.1) is 0 Å². The van der Waals surface area contributed by atoms with Gasteiger partial charge in [0.1, 0.15) is 19.8 Å². The zero-order valence-electron chi connectivity index (χ0n) is 14.3. The van der Waals surface area contributed by atoms with Crippen molar-refractivity contribution in [2.45, 2.75) is 18.3 Å². The van der Waals surface area contributed by atoms with Crippen molar-refractivity contribution in [3.8, 4) is 0 Å². The van der Waals surface area contributed by atoms with Crippen molar-refractivity contribution >= 4 is 17.9 Å². The van der Waals surface area contributed by atoms with Gasteiger partial charge in [0.2, 0.25) is 0 Å². The van der Waals surface area contributed by atoms with Gasteiger partial charge in [-0.3, -0.25) is 0 Å². The van der Waals surface area contributed by atoms with E-state index in [1.807, 2.05) is 0 Å². The Bertz CT molecular complexity index is 415. The zero-order chi connectivity index (χ0) is 21.0. The number of esters is 3. The third-order valence-electron chi connectivity index (χ3n) is 3.23. The van der Waals surface area contributed by atoms with Crippen LogP contribution in [0.25, 0.3) is 0 Å². The van der Waals surface area contributed by atoms with Gasteiger partial charge in [-0.05, 0) is 0 Å². The molecule has 0 amide bonds. The van der Waals surface area contributed by atoms with Crippen LogP contribution >= 0.6 is 0 Å². The summed E-state index contributed by atoms with van der Waals surface area (Å²) in [4.78, 5) is 34.3. The summed E-state index contributed by atoms with van der Waals surface area (Å²) in [7, 11) is 0. The minimum Gasteiger partial charge on any atom is -0.463 e. The fourth-order valence-corrected chi connectivity index (χ4v) is 1.45. The molecule has 27 heavy (non-hydrogen) atoms.